The fraction of sp³-hybridized carbons (Fsp3) is 0.440. The van der Waals surface area contributed by atoms with Crippen LogP contribution in [-0.4, -0.2) is 61.4 Å². The standard InChI is InChI=1S/C25H29NO5S/c1-2-31-23(27)16-30-14-13-26-11-9-18(10-12-26)24-19-6-4-3-5-17(19)7-8-21-20(24)15-22(32-21)25(28)29/h3-6,15H,2,7-14,16H2,1H3,(H,28,29). The number of aromatic carboxylic acids is 1. The highest BCUT2D eigenvalue weighted by Gasteiger charge is 2.26. The zero-order valence-corrected chi connectivity index (χ0v) is 19.2. The predicted octanol–water partition coefficient (Wildman–Crippen LogP) is 4.02. The molecule has 0 amide bonds. The molecule has 1 aliphatic carbocycles. The number of benzene rings is 1. The second kappa shape index (κ2) is 10.4. The van der Waals surface area contributed by atoms with E-state index in [1.165, 1.54) is 38.5 Å². The van der Waals surface area contributed by atoms with Gasteiger partial charge in [0, 0.05) is 24.5 Å². The van der Waals surface area contributed by atoms with E-state index >= 15 is 0 Å². The van der Waals surface area contributed by atoms with E-state index in [4.69, 9.17) is 9.47 Å². The molecule has 0 radical (unpaired) electrons. The van der Waals surface area contributed by atoms with Gasteiger partial charge in [-0.2, -0.15) is 0 Å². The van der Waals surface area contributed by atoms with Gasteiger partial charge in [-0.25, -0.2) is 9.59 Å². The number of ether oxygens (including phenoxy) is 2. The summed E-state index contributed by atoms with van der Waals surface area (Å²) in [5.74, 6) is -1.17. The highest BCUT2D eigenvalue weighted by atomic mass is 32.1. The van der Waals surface area contributed by atoms with E-state index < -0.39 is 5.97 Å². The van der Waals surface area contributed by atoms with Crippen molar-refractivity contribution in [1.82, 2.24) is 4.90 Å². The van der Waals surface area contributed by atoms with Gasteiger partial charge in [0.2, 0.25) is 0 Å². The van der Waals surface area contributed by atoms with Crippen molar-refractivity contribution in [3.63, 3.8) is 0 Å². The van der Waals surface area contributed by atoms with E-state index in [0.717, 1.165) is 50.9 Å². The van der Waals surface area contributed by atoms with Crippen LogP contribution in [0.1, 0.15) is 51.0 Å². The van der Waals surface area contributed by atoms with Crippen LogP contribution in [0.2, 0.25) is 0 Å². The number of fused-ring (bicyclic) bond motifs is 2. The summed E-state index contributed by atoms with van der Waals surface area (Å²) in [7, 11) is 0. The number of carbonyl (C=O) groups is 2. The first kappa shape index (κ1) is 22.7. The Kier molecular flexibility index (Phi) is 7.40. The Hall–Kier alpha value is -2.48. The van der Waals surface area contributed by atoms with Crippen LogP contribution in [0.15, 0.2) is 35.9 Å². The lowest BCUT2D eigenvalue weighted by Gasteiger charge is -2.30. The molecule has 0 atom stereocenters. The van der Waals surface area contributed by atoms with Crippen LogP contribution in [0.4, 0.5) is 0 Å². The molecule has 2 heterocycles. The van der Waals surface area contributed by atoms with Gasteiger partial charge in [0.05, 0.1) is 13.2 Å². The topological polar surface area (TPSA) is 76.1 Å². The monoisotopic (exact) mass is 455 g/mol. The Morgan fingerprint density at radius 2 is 1.88 bits per heavy atom. The van der Waals surface area contributed by atoms with E-state index in [9.17, 15) is 14.7 Å². The van der Waals surface area contributed by atoms with Crippen molar-refractivity contribution < 1.29 is 24.2 Å². The molecule has 1 aromatic carbocycles. The lowest BCUT2D eigenvalue weighted by Crippen LogP contribution is -2.34. The number of piperidine rings is 1. The Bertz CT molecular complexity index is 1020. The Labute approximate surface area is 192 Å². The number of carboxylic acids is 1. The molecule has 0 bridgehead atoms. The van der Waals surface area contributed by atoms with Crippen LogP contribution in [0.5, 0.6) is 0 Å². The average Bonchev–Trinajstić information content (AvgIpc) is 3.15. The summed E-state index contributed by atoms with van der Waals surface area (Å²) in [5, 5.41) is 9.54. The molecule has 1 N–H and O–H groups in total. The number of hydrogen-bond donors (Lipinski definition) is 1. The second-order valence-electron chi connectivity index (χ2n) is 8.09. The number of carbonyl (C=O) groups excluding carboxylic acids is 1. The number of nitrogens with zero attached hydrogens (tertiary/aromatic N) is 1. The number of aryl methyl sites for hydroxylation is 2. The van der Waals surface area contributed by atoms with Gasteiger partial charge < -0.3 is 19.5 Å². The molecule has 170 valence electrons. The summed E-state index contributed by atoms with van der Waals surface area (Å²) in [5.41, 5.74) is 6.35. The van der Waals surface area contributed by atoms with Crippen LogP contribution in [0, 0.1) is 0 Å². The van der Waals surface area contributed by atoms with E-state index in [0.29, 0.717) is 18.1 Å². The van der Waals surface area contributed by atoms with E-state index in [-0.39, 0.29) is 12.6 Å². The maximum atomic E-state index is 11.6. The van der Waals surface area contributed by atoms with Gasteiger partial charge >= 0.3 is 11.9 Å². The van der Waals surface area contributed by atoms with Crippen molar-refractivity contribution in [3.05, 3.63) is 62.3 Å². The summed E-state index contributed by atoms with van der Waals surface area (Å²) in [6.45, 7) is 5.29. The van der Waals surface area contributed by atoms with Crippen molar-refractivity contribution >= 4 is 28.8 Å². The molecule has 1 saturated heterocycles. The molecule has 1 fully saturated rings. The highest BCUT2D eigenvalue weighted by Crippen LogP contribution is 2.41. The quantitative estimate of drug-likeness (QED) is 0.502. The van der Waals surface area contributed by atoms with Gasteiger partial charge in [-0.15, -0.1) is 11.3 Å². The normalized spacial score (nSPS) is 16.3. The third-order valence-electron chi connectivity index (χ3n) is 6.09. The maximum Gasteiger partial charge on any atom is 0.345 e. The van der Waals surface area contributed by atoms with Gasteiger partial charge in [0.1, 0.15) is 11.5 Å². The summed E-state index contributed by atoms with van der Waals surface area (Å²) in [6, 6.07) is 10.4. The minimum absolute atomic E-state index is 0.000604. The lowest BCUT2D eigenvalue weighted by atomic mass is 9.87. The molecular weight excluding hydrogens is 426 g/mol. The fourth-order valence-corrected chi connectivity index (χ4v) is 5.54. The van der Waals surface area contributed by atoms with E-state index in [1.54, 1.807) is 6.92 Å². The van der Waals surface area contributed by atoms with Crippen molar-refractivity contribution in [1.29, 1.82) is 0 Å². The molecule has 2 aliphatic rings. The van der Waals surface area contributed by atoms with Gasteiger partial charge in [-0.3, -0.25) is 0 Å². The van der Waals surface area contributed by atoms with Gasteiger partial charge in [-0.05, 0) is 60.9 Å². The zero-order chi connectivity index (χ0) is 22.5. The van der Waals surface area contributed by atoms with E-state index in [2.05, 4.69) is 29.2 Å². The van der Waals surface area contributed by atoms with Crippen molar-refractivity contribution in [2.45, 2.75) is 32.6 Å². The van der Waals surface area contributed by atoms with Crippen molar-refractivity contribution in [2.75, 3.05) is 39.5 Å². The van der Waals surface area contributed by atoms with Crippen LogP contribution in [-0.2, 0) is 27.1 Å². The number of thiophene rings is 1. The van der Waals surface area contributed by atoms with Crippen LogP contribution < -0.4 is 0 Å². The molecule has 0 unspecified atom stereocenters. The number of esters is 1. The minimum atomic E-state index is -0.849. The molecule has 0 saturated carbocycles. The molecule has 7 heteroatoms. The average molecular weight is 456 g/mol. The molecule has 1 aromatic heterocycles. The first-order chi connectivity index (χ1) is 15.6. The summed E-state index contributed by atoms with van der Waals surface area (Å²) >= 11 is 1.42. The van der Waals surface area contributed by atoms with Gasteiger partial charge in [-0.1, -0.05) is 29.8 Å². The summed E-state index contributed by atoms with van der Waals surface area (Å²) < 4.78 is 10.3. The SMILES string of the molecule is CCOC(=O)COCCN1CCC(=C2c3ccccc3CCc3sc(C(=O)O)cc32)CC1. The Balaban J connectivity index is 1.50. The smallest absolute Gasteiger partial charge is 0.345 e. The molecular formula is C25H29NO5S. The molecule has 2 aromatic rings. The first-order valence-corrected chi connectivity index (χ1v) is 12.0. The number of rotatable bonds is 7. The van der Waals surface area contributed by atoms with Gasteiger partial charge in [0.15, 0.2) is 0 Å². The van der Waals surface area contributed by atoms with Crippen LogP contribution >= 0.6 is 11.3 Å². The minimum Gasteiger partial charge on any atom is -0.477 e. The van der Waals surface area contributed by atoms with Gasteiger partial charge in [0.25, 0.3) is 0 Å². The fourth-order valence-electron chi connectivity index (χ4n) is 4.54. The molecule has 0 spiro atoms. The zero-order valence-electron chi connectivity index (χ0n) is 18.4. The number of likely N-dealkylation sites (tertiary alicyclic amines) is 1. The number of hydrogen-bond acceptors (Lipinski definition) is 6. The number of carboxylic acid groups (broad SMARTS) is 1. The predicted molar refractivity (Wildman–Crippen MR) is 124 cm³/mol. The summed E-state index contributed by atoms with van der Waals surface area (Å²) in [6.07, 6.45) is 3.70. The Morgan fingerprint density at radius 1 is 1.09 bits per heavy atom. The molecule has 4 rings (SSSR count). The second-order valence-corrected chi connectivity index (χ2v) is 9.22. The van der Waals surface area contributed by atoms with Crippen molar-refractivity contribution in [2.24, 2.45) is 0 Å². The third-order valence-corrected chi connectivity index (χ3v) is 7.27. The molecule has 6 nitrogen and oxygen atoms in total. The van der Waals surface area contributed by atoms with Crippen LogP contribution in [0.3, 0.4) is 0 Å². The maximum absolute atomic E-state index is 11.6. The van der Waals surface area contributed by atoms with Crippen molar-refractivity contribution in [3.8, 4) is 0 Å². The largest absolute Gasteiger partial charge is 0.477 e. The van der Waals surface area contributed by atoms with Crippen LogP contribution in [0.25, 0.3) is 5.57 Å². The third kappa shape index (κ3) is 5.11. The highest BCUT2D eigenvalue weighted by molar-refractivity contribution is 7.14. The molecule has 32 heavy (non-hydrogen) atoms. The molecule has 1 aliphatic heterocycles. The Morgan fingerprint density at radius 3 is 2.62 bits per heavy atom. The first-order valence-electron chi connectivity index (χ1n) is 11.2. The lowest BCUT2D eigenvalue weighted by molar-refractivity contribution is -0.148. The summed E-state index contributed by atoms with van der Waals surface area (Å²) in [4.78, 5) is 27.0. The van der Waals surface area contributed by atoms with E-state index in [1.807, 2.05) is 6.07 Å².